The summed E-state index contributed by atoms with van der Waals surface area (Å²) in [4.78, 5) is 43.9. The molecule has 0 rings (SSSR count). The van der Waals surface area contributed by atoms with E-state index in [1.54, 1.807) is 0 Å². The van der Waals surface area contributed by atoms with Crippen LogP contribution in [0, 0.1) is 0 Å². The average molecular weight is 1100 g/mol. The molecule has 0 unspecified atom stereocenters. The minimum atomic E-state index is -0.0586. The molecule has 8 nitrogen and oxygen atoms in total. The maximum absolute atomic E-state index is 13.1. The smallest absolute Gasteiger partial charge is 0.307 e. The van der Waals surface area contributed by atoms with Crippen LogP contribution in [0.15, 0.2) is 0 Å². The zero-order valence-electron chi connectivity index (χ0n) is 51.2. The Morgan fingerprint density at radius 2 is 0.693 bits per heavy atom. The molecule has 0 aliphatic rings. The number of carbonyl (C=O) groups is 3. The molecule has 0 bridgehead atoms. The van der Waals surface area contributed by atoms with E-state index < -0.39 is 0 Å². The standard InChI is InChI=1S/C65H128N2O6S2/c1-8-13-18-23-24-29-34-43-58-74-75-59-57-71-63(68)53-56-67(55-44-54-66(6)7)60(45-35-30-25-27-32-41-51-64(69)72-61(47-37-19-14-9-2)48-38-20-15-10-3)46-36-31-26-28-33-42-52-65(70)73-62(49-39-21-16-11-4)50-40-22-17-12-5/h60-62H,8-59H2,1-7H3. The molecule has 10 heteroatoms. The summed E-state index contributed by atoms with van der Waals surface area (Å²) in [6.45, 7) is 14.6. The van der Waals surface area contributed by atoms with Gasteiger partial charge in [-0.1, -0.05) is 242 Å². The number of ether oxygens (including phenoxy) is 3. The van der Waals surface area contributed by atoms with E-state index in [1.807, 2.05) is 21.6 Å². The lowest BCUT2D eigenvalue weighted by Crippen LogP contribution is -2.39. The number of nitrogens with zero attached hydrogens (tertiary/aromatic N) is 2. The highest BCUT2D eigenvalue weighted by Crippen LogP contribution is 2.25. The predicted molar refractivity (Wildman–Crippen MR) is 330 cm³/mol. The second kappa shape index (κ2) is 59.2. The molecule has 0 aromatic carbocycles. The largest absolute Gasteiger partial charge is 0.465 e. The summed E-state index contributed by atoms with van der Waals surface area (Å²) in [7, 11) is 8.09. The van der Waals surface area contributed by atoms with Crippen molar-refractivity contribution in [3.63, 3.8) is 0 Å². The van der Waals surface area contributed by atoms with Crippen LogP contribution < -0.4 is 0 Å². The van der Waals surface area contributed by atoms with Gasteiger partial charge in [0.2, 0.25) is 0 Å². The number of hydrogen-bond acceptors (Lipinski definition) is 10. The topological polar surface area (TPSA) is 85.4 Å². The molecule has 0 heterocycles. The third-order valence-electron chi connectivity index (χ3n) is 15.2. The van der Waals surface area contributed by atoms with Crippen LogP contribution in [0.4, 0.5) is 0 Å². The zero-order valence-corrected chi connectivity index (χ0v) is 52.8. The predicted octanol–water partition coefficient (Wildman–Crippen LogP) is 20.0. The van der Waals surface area contributed by atoms with Gasteiger partial charge < -0.3 is 19.1 Å². The molecule has 0 fully saturated rings. The van der Waals surface area contributed by atoms with Crippen molar-refractivity contribution in [2.24, 2.45) is 0 Å². The maximum atomic E-state index is 13.1. The summed E-state index contributed by atoms with van der Waals surface area (Å²) in [6, 6.07) is 0.460. The summed E-state index contributed by atoms with van der Waals surface area (Å²) in [6.07, 6.45) is 53.3. The van der Waals surface area contributed by atoms with E-state index in [9.17, 15) is 14.4 Å². The quantitative estimate of drug-likeness (QED) is 0.0254. The van der Waals surface area contributed by atoms with Crippen LogP contribution in [0.3, 0.4) is 0 Å². The SMILES string of the molecule is CCCCCCCCCCSSCCOC(=O)CCN(CCCN(C)C)C(CCCCCCCCC(=O)OC(CCCCCC)CCCCCC)CCCCCCCCC(=O)OC(CCCCCC)CCCCCC. The summed E-state index contributed by atoms with van der Waals surface area (Å²) in [5.74, 6) is 2.01. The molecule has 75 heavy (non-hydrogen) atoms. The second-order valence-corrected chi connectivity index (χ2v) is 25.6. The summed E-state index contributed by atoms with van der Waals surface area (Å²) >= 11 is 0. The van der Waals surface area contributed by atoms with Gasteiger partial charge in [0, 0.05) is 36.9 Å². The van der Waals surface area contributed by atoms with Crippen molar-refractivity contribution >= 4 is 39.5 Å². The molecular formula is C65H128N2O6S2. The van der Waals surface area contributed by atoms with Gasteiger partial charge in [0.25, 0.3) is 0 Å². The van der Waals surface area contributed by atoms with Crippen LogP contribution in [-0.4, -0.2) is 97.8 Å². The Morgan fingerprint density at radius 3 is 1.11 bits per heavy atom. The van der Waals surface area contributed by atoms with Crippen molar-refractivity contribution in [2.75, 3.05) is 51.8 Å². The number of esters is 3. The zero-order chi connectivity index (χ0) is 54.9. The Hall–Kier alpha value is -0.970. The molecule has 0 spiro atoms. The molecule has 0 aliphatic heterocycles. The highest BCUT2D eigenvalue weighted by atomic mass is 33.1. The van der Waals surface area contributed by atoms with Gasteiger partial charge in [0.15, 0.2) is 0 Å². The van der Waals surface area contributed by atoms with Crippen molar-refractivity contribution in [3.8, 4) is 0 Å². The fraction of sp³-hybridized carbons (Fsp3) is 0.954. The molecule has 0 amide bonds. The lowest BCUT2D eigenvalue weighted by molar-refractivity contribution is -0.151. The van der Waals surface area contributed by atoms with E-state index in [0.717, 1.165) is 96.0 Å². The Balaban J connectivity index is 5.18. The Kier molecular flexibility index (Phi) is 58.4. The van der Waals surface area contributed by atoms with Crippen molar-refractivity contribution in [2.45, 2.75) is 348 Å². The molecule has 446 valence electrons. The molecule has 0 aromatic rings. The number of carbonyl (C=O) groups excluding carboxylic acids is 3. The van der Waals surface area contributed by atoms with E-state index in [2.05, 4.69) is 58.5 Å². The van der Waals surface area contributed by atoms with Gasteiger partial charge in [0.1, 0.15) is 18.8 Å². The molecule has 0 N–H and O–H groups in total. The van der Waals surface area contributed by atoms with Crippen LogP contribution in [-0.2, 0) is 28.6 Å². The Bertz CT molecular complexity index is 1130. The molecule has 0 atom stereocenters. The van der Waals surface area contributed by atoms with Gasteiger partial charge in [-0.05, 0) is 117 Å². The van der Waals surface area contributed by atoms with Gasteiger partial charge in [-0.2, -0.15) is 0 Å². The Labute approximate surface area is 475 Å². The van der Waals surface area contributed by atoms with Crippen LogP contribution in [0.5, 0.6) is 0 Å². The monoisotopic (exact) mass is 1100 g/mol. The van der Waals surface area contributed by atoms with Gasteiger partial charge in [-0.25, -0.2) is 0 Å². The maximum Gasteiger partial charge on any atom is 0.307 e. The minimum Gasteiger partial charge on any atom is -0.465 e. The summed E-state index contributed by atoms with van der Waals surface area (Å²) in [5, 5.41) is 0. The first-order valence-corrected chi connectivity index (χ1v) is 35.4. The average Bonchev–Trinajstić information content (AvgIpc) is 3.39. The first kappa shape index (κ1) is 74.0. The fourth-order valence-corrected chi connectivity index (χ4v) is 12.4. The van der Waals surface area contributed by atoms with Gasteiger partial charge in [-0.3, -0.25) is 19.3 Å². The van der Waals surface area contributed by atoms with Crippen molar-refractivity contribution in [3.05, 3.63) is 0 Å². The first-order chi connectivity index (χ1) is 36.7. The highest BCUT2D eigenvalue weighted by Gasteiger charge is 2.21. The highest BCUT2D eigenvalue weighted by molar-refractivity contribution is 8.76. The molecule has 0 radical (unpaired) electrons. The second-order valence-electron chi connectivity index (χ2n) is 22.9. The van der Waals surface area contributed by atoms with Gasteiger partial charge in [0.05, 0.1) is 6.42 Å². The number of rotatable bonds is 61. The summed E-state index contributed by atoms with van der Waals surface area (Å²) in [5.41, 5.74) is 0. The number of unbranched alkanes of at least 4 members (excludes halogenated alkanes) is 29. The van der Waals surface area contributed by atoms with E-state index in [0.29, 0.717) is 31.9 Å². The minimum absolute atomic E-state index is 0.0132. The van der Waals surface area contributed by atoms with Crippen LogP contribution in [0.1, 0.15) is 330 Å². The third kappa shape index (κ3) is 53.4. The van der Waals surface area contributed by atoms with E-state index in [-0.39, 0.29) is 30.1 Å². The normalized spacial score (nSPS) is 11.8. The Morgan fingerprint density at radius 1 is 0.347 bits per heavy atom. The van der Waals surface area contributed by atoms with Gasteiger partial charge in [-0.15, -0.1) is 0 Å². The van der Waals surface area contributed by atoms with E-state index >= 15 is 0 Å². The number of hydrogen-bond donors (Lipinski definition) is 0. The van der Waals surface area contributed by atoms with E-state index in [4.69, 9.17) is 14.2 Å². The summed E-state index contributed by atoms with van der Waals surface area (Å²) < 4.78 is 17.9. The lowest BCUT2D eigenvalue weighted by Gasteiger charge is -2.32. The molecule has 0 saturated heterocycles. The molecular weight excluding hydrogens is 969 g/mol. The fourth-order valence-electron chi connectivity index (χ4n) is 10.4. The molecule has 0 aromatic heterocycles. The van der Waals surface area contributed by atoms with Gasteiger partial charge >= 0.3 is 17.9 Å². The first-order valence-electron chi connectivity index (χ1n) is 32.9. The van der Waals surface area contributed by atoms with E-state index in [1.165, 1.54) is 211 Å². The van der Waals surface area contributed by atoms with Crippen LogP contribution in [0.2, 0.25) is 0 Å². The molecule has 0 saturated carbocycles. The molecule has 0 aliphatic carbocycles. The van der Waals surface area contributed by atoms with Crippen LogP contribution >= 0.6 is 21.6 Å². The van der Waals surface area contributed by atoms with Crippen LogP contribution in [0.25, 0.3) is 0 Å². The van der Waals surface area contributed by atoms with Crippen molar-refractivity contribution in [1.82, 2.24) is 9.80 Å². The lowest BCUT2D eigenvalue weighted by atomic mass is 9.98. The van der Waals surface area contributed by atoms with Crippen molar-refractivity contribution in [1.29, 1.82) is 0 Å². The third-order valence-corrected chi connectivity index (χ3v) is 17.7. The van der Waals surface area contributed by atoms with Crippen molar-refractivity contribution < 1.29 is 28.6 Å².